The van der Waals surface area contributed by atoms with E-state index in [0.29, 0.717) is 5.92 Å². The molecular weight excluding hydrogens is 228 g/mol. The molecule has 1 fully saturated rings. The molecule has 1 aliphatic rings. The second-order valence-electron chi connectivity index (χ2n) is 4.69. The van der Waals surface area contributed by atoms with Crippen molar-refractivity contribution in [1.82, 2.24) is 0 Å². The van der Waals surface area contributed by atoms with Crippen molar-refractivity contribution >= 4 is 11.9 Å². The average molecular weight is 246 g/mol. The Bertz CT molecular complexity index is 432. The van der Waals surface area contributed by atoms with E-state index in [1.165, 1.54) is 37.7 Å². The normalized spacial score (nSPS) is 18.3. The molecule has 0 aliphatic heterocycles. The molecule has 0 bridgehead atoms. The van der Waals surface area contributed by atoms with Crippen LogP contribution in [0, 0.1) is 0 Å². The third-order valence-corrected chi connectivity index (χ3v) is 3.57. The first kappa shape index (κ1) is 12.6. The summed E-state index contributed by atoms with van der Waals surface area (Å²) in [6, 6.07) is 7.95. The molecule has 2 rings (SSSR count). The van der Waals surface area contributed by atoms with Crippen LogP contribution in [0.1, 0.15) is 49.1 Å². The van der Waals surface area contributed by atoms with Gasteiger partial charge in [0.05, 0.1) is 6.21 Å². The summed E-state index contributed by atoms with van der Waals surface area (Å²) in [5.41, 5.74) is 2.35. The second kappa shape index (κ2) is 6.19. The van der Waals surface area contributed by atoms with Gasteiger partial charge in [0.1, 0.15) is 5.71 Å². The Morgan fingerprint density at radius 3 is 2.28 bits per heavy atom. The fourth-order valence-corrected chi connectivity index (χ4v) is 2.57. The van der Waals surface area contributed by atoms with Gasteiger partial charge >= 0.3 is 0 Å². The zero-order valence-corrected chi connectivity index (χ0v) is 10.3. The van der Waals surface area contributed by atoms with Gasteiger partial charge in [-0.25, -0.2) is 0 Å². The Hall–Kier alpha value is -1.84. The fraction of sp³-hybridized carbons (Fsp3) is 0.429. The largest absolute Gasteiger partial charge is 0.411 e. The van der Waals surface area contributed by atoms with E-state index in [-0.39, 0.29) is 5.71 Å². The maximum Gasteiger partial charge on any atom is 0.131 e. The van der Waals surface area contributed by atoms with E-state index in [0.717, 1.165) is 11.8 Å². The molecule has 0 aromatic heterocycles. The summed E-state index contributed by atoms with van der Waals surface area (Å²) in [6.45, 7) is 0. The molecule has 4 heteroatoms. The molecule has 0 saturated heterocycles. The van der Waals surface area contributed by atoms with Crippen molar-refractivity contribution in [3.05, 3.63) is 35.4 Å². The molecule has 0 spiro atoms. The molecule has 1 aromatic rings. The lowest BCUT2D eigenvalue weighted by Crippen LogP contribution is -2.06. The zero-order chi connectivity index (χ0) is 12.8. The van der Waals surface area contributed by atoms with Gasteiger partial charge < -0.3 is 10.4 Å². The minimum absolute atomic E-state index is 0.257. The van der Waals surface area contributed by atoms with Gasteiger partial charge in [0.25, 0.3) is 0 Å². The number of oxime groups is 2. The molecule has 18 heavy (non-hydrogen) atoms. The Morgan fingerprint density at radius 2 is 1.72 bits per heavy atom. The molecule has 0 unspecified atom stereocenters. The Kier molecular flexibility index (Phi) is 4.34. The van der Waals surface area contributed by atoms with Crippen molar-refractivity contribution in [3.8, 4) is 0 Å². The highest BCUT2D eigenvalue weighted by molar-refractivity contribution is 6.37. The molecule has 1 aromatic carbocycles. The first-order valence-electron chi connectivity index (χ1n) is 6.35. The van der Waals surface area contributed by atoms with Gasteiger partial charge in [-0.1, -0.05) is 53.8 Å². The highest BCUT2D eigenvalue weighted by Crippen LogP contribution is 2.32. The zero-order valence-electron chi connectivity index (χ0n) is 10.3. The minimum Gasteiger partial charge on any atom is -0.411 e. The summed E-state index contributed by atoms with van der Waals surface area (Å²) in [4.78, 5) is 0. The smallest absolute Gasteiger partial charge is 0.131 e. The molecule has 0 heterocycles. The van der Waals surface area contributed by atoms with E-state index in [9.17, 15) is 0 Å². The van der Waals surface area contributed by atoms with Gasteiger partial charge in [0.15, 0.2) is 0 Å². The van der Waals surface area contributed by atoms with Gasteiger partial charge in [-0.15, -0.1) is 0 Å². The van der Waals surface area contributed by atoms with E-state index in [1.807, 2.05) is 12.1 Å². The Morgan fingerprint density at radius 1 is 1.06 bits per heavy atom. The molecule has 0 radical (unpaired) electrons. The Balaban J connectivity index is 2.14. The minimum atomic E-state index is 0.257. The summed E-state index contributed by atoms with van der Waals surface area (Å²) in [5.74, 6) is 0.661. The summed E-state index contributed by atoms with van der Waals surface area (Å²) in [7, 11) is 0. The second-order valence-corrected chi connectivity index (χ2v) is 4.69. The van der Waals surface area contributed by atoms with Crippen molar-refractivity contribution < 1.29 is 10.4 Å². The van der Waals surface area contributed by atoms with E-state index < -0.39 is 0 Å². The van der Waals surface area contributed by atoms with E-state index in [2.05, 4.69) is 22.4 Å². The van der Waals surface area contributed by atoms with Gasteiger partial charge in [-0.05, 0) is 24.3 Å². The Labute approximate surface area is 107 Å². The lowest BCUT2D eigenvalue weighted by molar-refractivity contribution is 0.316. The molecule has 96 valence electrons. The number of benzene rings is 1. The quantitative estimate of drug-likeness (QED) is 0.488. The van der Waals surface area contributed by atoms with E-state index in [1.54, 1.807) is 0 Å². The molecule has 1 aliphatic carbocycles. The van der Waals surface area contributed by atoms with Crippen molar-refractivity contribution in [1.29, 1.82) is 0 Å². The van der Waals surface area contributed by atoms with Crippen LogP contribution in [0.3, 0.4) is 0 Å². The molecule has 1 saturated carbocycles. The SMILES string of the molecule is O/N=C(\C=N\O)c1ccc(C2CCCCC2)cc1. The fourth-order valence-electron chi connectivity index (χ4n) is 2.57. The molecule has 0 amide bonds. The van der Waals surface area contributed by atoms with Crippen molar-refractivity contribution in [2.75, 3.05) is 0 Å². The monoisotopic (exact) mass is 246 g/mol. The molecule has 2 N–H and O–H groups in total. The highest BCUT2D eigenvalue weighted by atomic mass is 16.4. The highest BCUT2D eigenvalue weighted by Gasteiger charge is 2.15. The predicted octanol–water partition coefficient (Wildman–Crippen LogP) is 3.37. The van der Waals surface area contributed by atoms with Crippen LogP contribution >= 0.6 is 0 Å². The van der Waals surface area contributed by atoms with Crippen LogP contribution in [0.2, 0.25) is 0 Å². The maximum absolute atomic E-state index is 8.81. The van der Waals surface area contributed by atoms with Crippen LogP contribution in [0.25, 0.3) is 0 Å². The molecule has 4 nitrogen and oxygen atoms in total. The van der Waals surface area contributed by atoms with Crippen molar-refractivity contribution in [2.45, 2.75) is 38.0 Å². The summed E-state index contributed by atoms with van der Waals surface area (Å²) in [5, 5.41) is 23.3. The van der Waals surface area contributed by atoms with E-state index in [4.69, 9.17) is 10.4 Å². The number of nitrogens with zero attached hydrogens (tertiary/aromatic N) is 2. The summed E-state index contributed by atoms with van der Waals surface area (Å²) in [6.07, 6.45) is 7.62. The van der Waals surface area contributed by atoms with Gasteiger partial charge in [0, 0.05) is 5.56 Å². The van der Waals surface area contributed by atoms with E-state index >= 15 is 0 Å². The first-order valence-corrected chi connectivity index (χ1v) is 6.35. The van der Waals surface area contributed by atoms with Crippen LogP contribution < -0.4 is 0 Å². The van der Waals surface area contributed by atoms with Crippen molar-refractivity contribution in [3.63, 3.8) is 0 Å². The van der Waals surface area contributed by atoms with Gasteiger partial charge in [0.2, 0.25) is 0 Å². The predicted molar refractivity (Wildman–Crippen MR) is 70.9 cm³/mol. The van der Waals surface area contributed by atoms with Crippen LogP contribution in [0.5, 0.6) is 0 Å². The summed E-state index contributed by atoms with van der Waals surface area (Å²) >= 11 is 0. The first-order chi connectivity index (χ1) is 8.85. The van der Waals surface area contributed by atoms with Crippen molar-refractivity contribution in [2.24, 2.45) is 10.3 Å². The summed E-state index contributed by atoms with van der Waals surface area (Å²) < 4.78 is 0. The average Bonchev–Trinajstić information content (AvgIpc) is 2.46. The molecule has 0 atom stereocenters. The third-order valence-electron chi connectivity index (χ3n) is 3.57. The van der Waals surface area contributed by atoms with Crippen LogP contribution in [-0.4, -0.2) is 22.3 Å². The number of hydrogen-bond donors (Lipinski definition) is 2. The van der Waals surface area contributed by atoms with Crippen LogP contribution in [-0.2, 0) is 0 Å². The lowest BCUT2D eigenvalue weighted by atomic mass is 9.84. The lowest BCUT2D eigenvalue weighted by Gasteiger charge is -2.22. The maximum atomic E-state index is 8.81. The van der Waals surface area contributed by atoms with Crippen LogP contribution in [0.15, 0.2) is 34.6 Å². The third kappa shape index (κ3) is 2.88. The molecular formula is C14H18N2O2. The van der Waals surface area contributed by atoms with Gasteiger partial charge in [-0.3, -0.25) is 0 Å². The van der Waals surface area contributed by atoms with Crippen LogP contribution in [0.4, 0.5) is 0 Å². The standard InChI is InChI=1S/C14H18N2O2/c17-15-10-14(16-18)13-8-6-12(7-9-13)11-4-2-1-3-5-11/h6-11,17-18H,1-5H2/b15-10+,16-14+. The number of rotatable bonds is 3. The number of hydrogen-bond acceptors (Lipinski definition) is 4. The van der Waals surface area contributed by atoms with Gasteiger partial charge in [-0.2, -0.15) is 0 Å². The topological polar surface area (TPSA) is 65.2 Å².